The topological polar surface area (TPSA) is 38.3 Å². The van der Waals surface area contributed by atoms with E-state index in [1.165, 1.54) is 0 Å². The Morgan fingerprint density at radius 2 is 2.27 bits per heavy atom. The van der Waals surface area contributed by atoms with E-state index in [-0.39, 0.29) is 12.6 Å². The van der Waals surface area contributed by atoms with Crippen LogP contribution in [0.25, 0.3) is 0 Å². The molecule has 0 aliphatic carbocycles. The Hall–Kier alpha value is 0.200. The number of ether oxygens (including phenoxy) is 1. The molecule has 0 amide bonds. The van der Waals surface area contributed by atoms with Gasteiger partial charge in [0.05, 0.1) is 0 Å². The fourth-order valence-electron chi connectivity index (χ4n) is 0.354. The number of rotatable bonds is 4. The van der Waals surface area contributed by atoms with Crippen LogP contribution in [0.2, 0.25) is 0 Å². The highest BCUT2D eigenvalue weighted by Gasteiger charge is 2.24. The third-order valence-electron chi connectivity index (χ3n) is 0.915. The molecule has 0 fully saturated rings. The van der Waals surface area contributed by atoms with Gasteiger partial charge in [0.25, 0.3) is 0 Å². The van der Waals surface area contributed by atoms with Gasteiger partial charge in [-0.2, -0.15) is 0 Å². The van der Waals surface area contributed by atoms with Crippen molar-refractivity contribution in [2.24, 2.45) is 0 Å². The third-order valence-corrected chi connectivity index (χ3v) is 1.43. The molecule has 11 heavy (non-hydrogen) atoms. The van der Waals surface area contributed by atoms with Crippen molar-refractivity contribution in [3.8, 4) is 0 Å². The van der Waals surface area contributed by atoms with Crippen molar-refractivity contribution in [2.45, 2.75) is 18.2 Å². The Morgan fingerprint density at radius 1 is 1.73 bits per heavy atom. The van der Waals surface area contributed by atoms with Crippen molar-refractivity contribution in [1.29, 1.82) is 0 Å². The minimum Gasteiger partial charge on any atom is -0.463 e. The number of hydrogen-bond donors (Lipinski definition) is 1. The SMILES string of the molecule is CC(C)(Br)C(=O)OCCNCl. The normalized spacial score (nSPS) is 11.3. The number of hydrogen-bond acceptors (Lipinski definition) is 3. The molecule has 0 unspecified atom stereocenters. The molecule has 3 nitrogen and oxygen atoms in total. The first-order valence-electron chi connectivity index (χ1n) is 3.18. The highest BCUT2D eigenvalue weighted by atomic mass is 79.9. The lowest BCUT2D eigenvalue weighted by Crippen LogP contribution is -2.28. The molecule has 0 spiro atoms. The van der Waals surface area contributed by atoms with Crippen LogP contribution in [-0.2, 0) is 9.53 Å². The number of carbonyl (C=O) groups is 1. The van der Waals surface area contributed by atoms with Crippen molar-refractivity contribution in [2.75, 3.05) is 13.2 Å². The van der Waals surface area contributed by atoms with Gasteiger partial charge in [-0.1, -0.05) is 15.9 Å². The zero-order valence-corrected chi connectivity index (χ0v) is 8.83. The first-order valence-corrected chi connectivity index (χ1v) is 4.35. The summed E-state index contributed by atoms with van der Waals surface area (Å²) < 4.78 is 4.20. The second-order valence-electron chi connectivity index (χ2n) is 2.49. The number of alkyl halides is 1. The molecular weight excluding hydrogens is 233 g/mol. The molecule has 0 bridgehead atoms. The molecule has 0 radical (unpaired) electrons. The molecule has 0 heterocycles. The fourth-order valence-corrected chi connectivity index (χ4v) is 0.546. The van der Waals surface area contributed by atoms with Gasteiger partial charge in [0, 0.05) is 6.54 Å². The van der Waals surface area contributed by atoms with Crippen LogP contribution in [0.1, 0.15) is 13.8 Å². The summed E-state index contributed by atoms with van der Waals surface area (Å²) in [5.74, 6) is -0.288. The summed E-state index contributed by atoms with van der Waals surface area (Å²) >= 11 is 8.31. The Morgan fingerprint density at radius 3 is 2.64 bits per heavy atom. The second-order valence-corrected chi connectivity index (χ2v) is 4.74. The van der Waals surface area contributed by atoms with E-state index < -0.39 is 4.32 Å². The average molecular weight is 245 g/mol. The number of nitrogens with one attached hydrogen (secondary N) is 1. The third kappa shape index (κ3) is 5.47. The van der Waals surface area contributed by atoms with E-state index in [1.807, 2.05) is 0 Å². The quantitative estimate of drug-likeness (QED) is 0.352. The van der Waals surface area contributed by atoms with E-state index in [1.54, 1.807) is 13.8 Å². The summed E-state index contributed by atoms with van der Waals surface area (Å²) in [5, 5.41) is 0. The summed E-state index contributed by atoms with van der Waals surface area (Å²) in [6.07, 6.45) is 0. The Bertz CT molecular complexity index is 135. The first kappa shape index (κ1) is 11.2. The van der Waals surface area contributed by atoms with E-state index in [0.29, 0.717) is 6.54 Å². The molecular formula is C6H11BrClNO2. The number of halogens is 2. The van der Waals surface area contributed by atoms with Crippen LogP contribution in [0.4, 0.5) is 0 Å². The molecule has 0 aromatic carbocycles. The van der Waals surface area contributed by atoms with Crippen LogP contribution in [-0.4, -0.2) is 23.4 Å². The van der Waals surface area contributed by atoms with Gasteiger partial charge in [-0.3, -0.25) is 4.79 Å². The monoisotopic (exact) mass is 243 g/mol. The smallest absolute Gasteiger partial charge is 0.322 e. The summed E-state index contributed by atoms with van der Waals surface area (Å²) in [6, 6.07) is 0. The Labute approximate surface area is 79.7 Å². The highest BCUT2D eigenvalue weighted by Crippen LogP contribution is 2.16. The Balaban J connectivity index is 3.54. The van der Waals surface area contributed by atoms with Gasteiger partial charge in [0.2, 0.25) is 0 Å². The van der Waals surface area contributed by atoms with Crippen molar-refractivity contribution < 1.29 is 9.53 Å². The van der Waals surface area contributed by atoms with E-state index >= 15 is 0 Å². The fraction of sp³-hybridized carbons (Fsp3) is 0.833. The zero-order valence-electron chi connectivity index (χ0n) is 6.49. The molecule has 0 saturated carbocycles. The van der Waals surface area contributed by atoms with E-state index in [0.717, 1.165) is 0 Å². The predicted octanol–water partition coefficient (Wildman–Crippen LogP) is 1.45. The molecule has 0 aliphatic rings. The van der Waals surface area contributed by atoms with Crippen molar-refractivity contribution >= 4 is 33.7 Å². The van der Waals surface area contributed by atoms with Gasteiger partial charge < -0.3 is 4.74 Å². The predicted molar refractivity (Wildman–Crippen MR) is 47.8 cm³/mol. The molecule has 0 atom stereocenters. The maximum absolute atomic E-state index is 11.0. The van der Waals surface area contributed by atoms with E-state index in [9.17, 15) is 4.79 Å². The van der Waals surface area contributed by atoms with Gasteiger partial charge in [-0.05, 0) is 25.6 Å². The van der Waals surface area contributed by atoms with Gasteiger partial charge in [-0.15, -0.1) is 0 Å². The van der Waals surface area contributed by atoms with Gasteiger partial charge in [0.1, 0.15) is 10.9 Å². The highest BCUT2D eigenvalue weighted by molar-refractivity contribution is 9.10. The molecule has 0 aromatic heterocycles. The summed E-state index contributed by atoms with van der Waals surface area (Å²) in [7, 11) is 0. The van der Waals surface area contributed by atoms with Crippen LogP contribution in [0.15, 0.2) is 0 Å². The summed E-state index contributed by atoms with van der Waals surface area (Å²) in [6.45, 7) is 4.20. The van der Waals surface area contributed by atoms with E-state index in [4.69, 9.17) is 16.5 Å². The lowest BCUT2D eigenvalue weighted by molar-refractivity contribution is -0.145. The first-order chi connectivity index (χ1) is 4.98. The largest absolute Gasteiger partial charge is 0.463 e. The molecule has 0 aliphatic heterocycles. The molecule has 0 aromatic rings. The molecule has 5 heteroatoms. The standard InChI is InChI=1S/C6H11BrClNO2/c1-6(2,7)5(10)11-4-3-9-8/h9H,3-4H2,1-2H3. The number of carbonyl (C=O) groups excluding carboxylic acids is 1. The summed E-state index contributed by atoms with van der Waals surface area (Å²) in [4.78, 5) is 13.4. The van der Waals surface area contributed by atoms with Crippen molar-refractivity contribution in [1.82, 2.24) is 4.84 Å². The molecule has 1 N–H and O–H groups in total. The maximum atomic E-state index is 11.0. The maximum Gasteiger partial charge on any atom is 0.322 e. The van der Waals surface area contributed by atoms with Crippen LogP contribution in [0.3, 0.4) is 0 Å². The van der Waals surface area contributed by atoms with Crippen LogP contribution in [0, 0.1) is 0 Å². The number of esters is 1. The van der Waals surface area contributed by atoms with Crippen LogP contribution < -0.4 is 4.84 Å². The minimum absolute atomic E-state index is 0.288. The van der Waals surface area contributed by atoms with Crippen molar-refractivity contribution in [3.05, 3.63) is 0 Å². The molecule has 0 rings (SSSR count). The van der Waals surface area contributed by atoms with Gasteiger partial charge in [-0.25, -0.2) is 4.84 Å². The Kier molecular flexibility index (Phi) is 5.04. The van der Waals surface area contributed by atoms with Crippen LogP contribution >= 0.6 is 27.7 Å². The summed E-state index contributed by atoms with van der Waals surface area (Å²) in [5.41, 5.74) is 0. The lowest BCUT2D eigenvalue weighted by Gasteiger charge is -2.14. The van der Waals surface area contributed by atoms with E-state index in [2.05, 4.69) is 20.8 Å². The van der Waals surface area contributed by atoms with Gasteiger partial charge >= 0.3 is 5.97 Å². The van der Waals surface area contributed by atoms with Gasteiger partial charge in [0.15, 0.2) is 0 Å². The zero-order chi connectivity index (χ0) is 8.91. The minimum atomic E-state index is -0.612. The lowest BCUT2D eigenvalue weighted by atomic mass is 10.2. The molecule has 0 saturated heterocycles. The molecule has 66 valence electrons. The van der Waals surface area contributed by atoms with Crippen molar-refractivity contribution in [3.63, 3.8) is 0 Å². The van der Waals surface area contributed by atoms with Crippen LogP contribution in [0.5, 0.6) is 0 Å². The second kappa shape index (κ2) is 4.95. The average Bonchev–Trinajstić information content (AvgIpc) is 1.86.